The number of para-hydroxylation sites is 1. The number of rotatable bonds is 5. The Morgan fingerprint density at radius 1 is 0.912 bits per heavy atom. The van der Waals surface area contributed by atoms with Gasteiger partial charge in [0.05, 0.1) is 4.90 Å². The van der Waals surface area contributed by atoms with Crippen LogP contribution in [0.1, 0.15) is 19.8 Å². The van der Waals surface area contributed by atoms with Crippen LogP contribution in [-0.2, 0) is 21.4 Å². The molecule has 8 heteroatoms. The molecule has 7 nitrogen and oxygen atoms in total. The fraction of sp³-hybridized carbons (Fsp3) is 0.423. The molecule has 3 aromatic rings. The Balaban J connectivity index is 1.19. The molecule has 2 fully saturated rings. The van der Waals surface area contributed by atoms with Gasteiger partial charge in [-0.25, -0.2) is 8.42 Å². The summed E-state index contributed by atoms with van der Waals surface area (Å²) in [6, 6.07) is 17.6. The van der Waals surface area contributed by atoms with Crippen molar-refractivity contribution in [1.29, 1.82) is 0 Å². The molecule has 34 heavy (non-hydrogen) atoms. The lowest BCUT2D eigenvalue weighted by molar-refractivity contribution is -0.137. The van der Waals surface area contributed by atoms with Crippen LogP contribution in [0.15, 0.2) is 65.7 Å². The van der Waals surface area contributed by atoms with E-state index >= 15 is 0 Å². The molecular formula is C26H32N4O3S. The molecule has 2 saturated heterocycles. The lowest BCUT2D eigenvalue weighted by Gasteiger charge is -2.39. The zero-order valence-corrected chi connectivity index (χ0v) is 20.5. The normalized spacial score (nSPS) is 18.5. The van der Waals surface area contributed by atoms with Gasteiger partial charge < -0.3 is 14.4 Å². The first-order valence-electron chi connectivity index (χ1n) is 12.1. The van der Waals surface area contributed by atoms with E-state index in [-0.39, 0.29) is 11.8 Å². The molecule has 0 unspecified atom stereocenters. The van der Waals surface area contributed by atoms with Gasteiger partial charge in [-0.3, -0.25) is 4.79 Å². The van der Waals surface area contributed by atoms with Gasteiger partial charge in [-0.2, -0.15) is 4.31 Å². The molecule has 0 radical (unpaired) electrons. The molecule has 2 aromatic carbocycles. The standard InChI is InChI=1S/C26H32N4O3S/c1-2-27-13-10-22-20-24(8-9-25(22)27)34(32,33)30-14-11-21(12-15-30)26(31)29-18-16-28(17-19-29)23-6-4-3-5-7-23/h3-10,13,20-21H,2,11-12,14-19H2,1H3. The molecule has 1 amide bonds. The number of nitrogens with zero attached hydrogens (tertiary/aromatic N) is 4. The molecule has 0 bridgehead atoms. The maximum atomic E-state index is 13.3. The third kappa shape index (κ3) is 4.32. The van der Waals surface area contributed by atoms with Crippen molar-refractivity contribution in [3.63, 3.8) is 0 Å². The summed E-state index contributed by atoms with van der Waals surface area (Å²) in [6.07, 6.45) is 3.13. The monoisotopic (exact) mass is 480 g/mol. The van der Waals surface area contributed by atoms with Gasteiger partial charge in [0.2, 0.25) is 15.9 Å². The molecule has 5 rings (SSSR count). The predicted molar refractivity (Wildman–Crippen MR) is 134 cm³/mol. The molecule has 0 atom stereocenters. The molecule has 180 valence electrons. The number of benzene rings is 2. The van der Waals surface area contributed by atoms with Crippen molar-refractivity contribution in [3.05, 3.63) is 60.8 Å². The van der Waals surface area contributed by atoms with Crippen molar-refractivity contribution in [1.82, 2.24) is 13.8 Å². The van der Waals surface area contributed by atoms with Gasteiger partial charge in [0.15, 0.2) is 0 Å². The Morgan fingerprint density at radius 3 is 2.29 bits per heavy atom. The molecule has 0 aliphatic carbocycles. The average molecular weight is 481 g/mol. The third-order valence-corrected chi connectivity index (χ3v) is 9.13. The first kappa shape index (κ1) is 22.9. The Hall–Kier alpha value is -2.84. The van der Waals surface area contributed by atoms with Crippen LogP contribution in [0.2, 0.25) is 0 Å². The van der Waals surface area contributed by atoms with Gasteiger partial charge >= 0.3 is 0 Å². The molecular weight excluding hydrogens is 448 g/mol. The van der Waals surface area contributed by atoms with E-state index in [2.05, 4.69) is 28.5 Å². The molecule has 2 aliphatic rings. The summed E-state index contributed by atoms with van der Waals surface area (Å²) < 4.78 is 30.2. The summed E-state index contributed by atoms with van der Waals surface area (Å²) in [4.78, 5) is 17.7. The summed E-state index contributed by atoms with van der Waals surface area (Å²) >= 11 is 0. The van der Waals surface area contributed by atoms with E-state index in [0.717, 1.165) is 30.5 Å². The van der Waals surface area contributed by atoms with E-state index in [1.54, 1.807) is 16.4 Å². The lowest BCUT2D eigenvalue weighted by atomic mass is 9.96. The summed E-state index contributed by atoms with van der Waals surface area (Å²) in [5.41, 5.74) is 2.23. The lowest BCUT2D eigenvalue weighted by Crippen LogP contribution is -2.52. The fourth-order valence-corrected chi connectivity index (χ4v) is 6.69. The van der Waals surface area contributed by atoms with E-state index < -0.39 is 10.0 Å². The number of carbonyl (C=O) groups excluding carboxylic acids is 1. The van der Waals surface area contributed by atoms with Crippen LogP contribution in [0.25, 0.3) is 10.9 Å². The molecule has 0 saturated carbocycles. The number of hydrogen-bond acceptors (Lipinski definition) is 4. The van der Waals surface area contributed by atoms with Crippen molar-refractivity contribution in [2.45, 2.75) is 31.2 Å². The minimum Gasteiger partial charge on any atom is -0.368 e. The van der Waals surface area contributed by atoms with Crippen molar-refractivity contribution in [2.24, 2.45) is 5.92 Å². The van der Waals surface area contributed by atoms with Crippen LogP contribution in [0.5, 0.6) is 0 Å². The van der Waals surface area contributed by atoms with E-state index in [9.17, 15) is 13.2 Å². The van der Waals surface area contributed by atoms with Gasteiger partial charge in [0.1, 0.15) is 0 Å². The first-order chi connectivity index (χ1) is 16.5. The number of anilines is 1. The summed E-state index contributed by atoms with van der Waals surface area (Å²) in [7, 11) is -3.57. The van der Waals surface area contributed by atoms with Gasteiger partial charge in [0.25, 0.3) is 0 Å². The molecule has 0 spiro atoms. The van der Waals surface area contributed by atoms with Crippen LogP contribution in [0.4, 0.5) is 5.69 Å². The third-order valence-electron chi connectivity index (χ3n) is 7.24. The summed E-state index contributed by atoms with van der Waals surface area (Å²) in [6.45, 7) is 6.76. The Labute approximate surface area is 201 Å². The predicted octanol–water partition coefficient (Wildman–Crippen LogP) is 3.41. The quantitative estimate of drug-likeness (QED) is 0.561. The highest BCUT2D eigenvalue weighted by atomic mass is 32.2. The smallest absolute Gasteiger partial charge is 0.243 e. The zero-order valence-electron chi connectivity index (χ0n) is 19.6. The second-order valence-electron chi connectivity index (χ2n) is 9.15. The molecule has 1 aromatic heterocycles. The number of piperidine rings is 1. The van der Waals surface area contributed by atoms with Crippen molar-refractivity contribution >= 4 is 32.5 Å². The Morgan fingerprint density at radius 2 is 1.62 bits per heavy atom. The van der Waals surface area contributed by atoms with Crippen molar-refractivity contribution in [3.8, 4) is 0 Å². The van der Waals surface area contributed by atoms with Crippen LogP contribution >= 0.6 is 0 Å². The van der Waals surface area contributed by atoms with Crippen molar-refractivity contribution < 1.29 is 13.2 Å². The molecule has 3 heterocycles. The van der Waals surface area contributed by atoms with Gasteiger partial charge in [-0.05, 0) is 56.2 Å². The average Bonchev–Trinajstić information content (AvgIpc) is 3.31. The summed E-state index contributed by atoms with van der Waals surface area (Å²) in [5.74, 6) is 0.0721. The second-order valence-corrected chi connectivity index (χ2v) is 11.1. The minimum atomic E-state index is -3.57. The van der Waals surface area contributed by atoms with Crippen LogP contribution < -0.4 is 4.90 Å². The number of aromatic nitrogens is 1. The number of hydrogen-bond donors (Lipinski definition) is 0. The van der Waals surface area contributed by atoms with E-state index in [4.69, 9.17) is 0 Å². The van der Waals surface area contributed by atoms with E-state index in [0.29, 0.717) is 43.9 Å². The second kappa shape index (κ2) is 9.43. The highest BCUT2D eigenvalue weighted by molar-refractivity contribution is 7.89. The van der Waals surface area contributed by atoms with E-state index in [1.165, 1.54) is 5.69 Å². The number of aryl methyl sites for hydroxylation is 1. The topological polar surface area (TPSA) is 65.9 Å². The number of carbonyl (C=O) groups is 1. The molecule has 2 aliphatic heterocycles. The maximum absolute atomic E-state index is 13.3. The first-order valence-corrected chi connectivity index (χ1v) is 13.6. The van der Waals surface area contributed by atoms with Crippen LogP contribution in [0.3, 0.4) is 0 Å². The summed E-state index contributed by atoms with van der Waals surface area (Å²) in [5, 5.41) is 0.933. The number of amides is 1. The molecule has 0 N–H and O–H groups in total. The largest absolute Gasteiger partial charge is 0.368 e. The highest BCUT2D eigenvalue weighted by Gasteiger charge is 2.34. The van der Waals surface area contributed by atoms with Gasteiger partial charge in [-0.1, -0.05) is 18.2 Å². The number of piperazine rings is 1. The number of fused-ring (bicyclic) bond motifs is 1. The van der Waals surface area contributed by atoms with Gasteiger partial charge in [0, 0.05) is 74.5 Å². The highest BCUT2D eigenvalue weighted by Crippen LogP contribution is 2.28. The number of sulfonamides is 1. The Kier molecular flexibility index (Phi) is 6.36. The fourth-order valence-electron chi connectivity index (χ4n) is 5.19. The Bertz CT molecular complexity index is 1260. The zero-order chi connectivity index (χ0) is 23.7. The SMILES string of the molecule is CCn1ccc2cc(S(=O)(=O)N3CCC(C(=O)N4CCN(c5ccccc5)CC4)CC3)ccc21. The van der Waals surface area contributed by atoms with Crippen LogP contribution in [0, 0.1) is 5.92 Å². The van der Waals surface area contributed by atoms with E-state index in [1.807, 2.05) is 41.4 Å². The van der Waals surface area contributed by atoms with Crippen LogP contribution in [-0.4, -0.2) is 67.4 Å². The van der Waals surface area contributed by atoms with Gasteiger partial charge in [-0.15, -0.1) is 0 Å². The minimum absolute atomic E-state index is 0.101. The maximum Gasteiger partial charge on any atom is 0.243 e. The van der Waals surface area contributed by atoms with Crippen molar-refractivity contribution in [2.75, 3.05) is 44.2 Å².